The Kier molecular flexibility index (Phi) is 8.09. The largest absolute Gasteiger partial charge is 0.507 e. The molecule has 2 aliphatic rings. The fourth-order valence-electron chi connectivity index (χ4n) is 5.54. The van der Waals surface area contributed by atoms with Crippen LogP contribution in [0.4, 0.5) is 14.6 Å². The Morgan fingerprint density at radius 1 is 1.24 bits per heavy atom. The van der Waals surface area contributed by atoms with Crippen molar-refractivity contribution in [2.24, 2.45) is 5.92 Å². The molecule has 1 fully saturated rings. The van der Waals surface area contributed by atoms with Crippen molar-refractivity contribution in [2.45, 2.75) is 32.9 Å². The zero-order chi connectivity index (χ0) is 30.3. The highest BCUT2D eigenvalue weighted by molar-refractivity contribution is 8.02. The first-order valence-electron chi connectivity index (χ1n) is 13.6. The highest BCUT2D eigenvalue weighted by Gasteiger charge is 2.33. The van der Waals surface area contributed by atoms with Crippen molar-refractivity contribution >= 4 is 40.2 Å². The van der Waals surface area contributed by atoms with E-state index in [9.17, 15) is 19.1 Å². The second-order valence-corrected chi connectivity index (χ2v) is 11.4. The van der Waals surface area contributed by atoms with E-state index in [4.69, 9.17) is 0 Å². The molecule has 4 heterocycles. The SMILES string of the molecule is C=CC(=O)N1CCN(c2nc(=O)n(C3=C(SC)C=CN[C@H]3C(C)C)c3nc(-c4c(O)cccc4F)c(F)cc23)[C@@H](C)C1. The molecule has 1 saturated heterocycles. The molecule has 2 aromatic heterocycles. The number of dihydropyridines is 1. The maximum Gasteiger partial charge on any atom is 0.355 e. The van der Waals surface area contributed by atoms with Crippen molar-refractivity contribution in [3.63, 3.8) is 0 Å². The number of anilines is 1. The number of benzene rings is 1. The van der Waals surface area contributed by atoms with Gasteiger partial charge in [-0.2, -0.15) is 4.98 Å². The zero-order valence-corrected chi connectivity index (χ0v) is 24.6. The number of hydrogen-bond donors (Lipinski definition) is 2. The summed E-state index contributed by atoms with van der Waals surface area (Å²) in [6, 6.07) is 4.28. The summed E-state index contributed by atoms with van der Waals surface area (Å²) in [6.07, 6.45) is 6.80. The number of halogens is 2. The quantitative estimate of drug-likeness (QED) is 0.407. The fraction of sp³-hybridized carbons (Fsp3) is 0.333. The summed E-state index contributed by atoms with van der Waals surface area (Å²) >= 11 is 1.44. The average Bonchev–Trinajstić information content (AvgIpc) is 2.96. The van der Waals surface area contributed by atoms with Crippen molar-refractivity contribution in [3.8, 4) is 17.0 Å². The second kappa shape index (κ2) is 11.6. The van der Waals surface area contributed by atoms with E-state index in [0.717, 1.165) is 11.0 Å². The molecule has 2 N–H and O–H groups in total. The lowest BCUT2D eigenvalue weighted by atomic mass is 9.98. The minimum atomic E-state index is -0.884. The topological polar surface area (TPSA) is 104 Å². The standard InChI is InChI=1S/C30H32F2N6O3S/c1-6-23(40)36-12-13-37(17(4)15-36)28-18-14-20(32)26(24-19(31)8-7-9-21(24)39)34-29(18)38(30(41)35-28)27-22(42-5)10-11-33-25(27)16(2)3/h6-11,14,16-17,25,33,39H,1,12-13,15H2,2-5H3/t17-,25-/m0/s1. The van der Waals surface area contributed by atoms with Gasteiger partial charge in [0.05, 0.1) is 22.7 Å². The molecule has 0 spiro atoms. The van der Waals surface area contributed by atoms with Gasteiger partial charge in [-0.1, -0.05) is 26.5 Å². The van der Waals surface area contributed by atoms with Gasteiger partial charge in [0.25, 0.3) is 0 Å². The Morgan fingerprint density at radius 2 is 2.00 bits per heavy atom. The predicted molar refractivity (Wildman–Crippen MR) is 162 cm³/mol. The number of aromatic hydroxyl groups is 1. The van der Waals surface area contributed by atoms with E-state index in [2.05, 4.69) is 21.9 Å². The molecule has 12 heteroatoms. The number of piperazine rings is 1. The van der Waals surface area contributed by atoms with Crippen LogP contribution in [0.1, 0.15) is 20.8 Å². The molecule has 0 bridgehead atoms. The summed E-state index contributed by atoms with van der Waals surface area (Å²) in [7, 11) is 0. The smallest absolute Gasteiger partial charge is 0.355 e. The molecule has 2 aliphatic heterocycles. The number of rotatable bonds is 6. The molecule has 9 nitrogen and oxygen atoms in total. The van der Waals surface area contributed by atoms with E-state index in [0.29, 0.717) is 25.3 Å². The number of hydrogen-bond acceptors (Lipinski definition) is 8. The minimum Gasteiger partial charge on any atom is -0.507 e. The van der Waals surface area contributed by atoms with Gasteiger partial charge in [0.15, 0.2) is 11.5 Å². The number of carbonyl (C=O) groups excluding carboxylic acids is 1. The molecule has 0 saturated carbocycles. The van der Waals surface area contributed by atoms with Crippen LogP contribution in [0.2, 0.25) is 0 Å². The lowest BCUT2D eigenvalue weighted by Crippen LogP contribution is -2.54. The van der Waals surface area contributed by atoms with Crippen LogP contribution < -0.4 is 15.9 Å². The Bertz CT molecular complexity index is 1680. The van der Waals surface area contributed by atoms with Gasteiger partial charge < -0.3 is 20.2 Å². The monoisotopic (exact) mass is 594 g/mol. The maximum atomic E-state index is 15.9. The van der Waals surface area contributed by atoms with E-state index in [1.807, 2.05) is 44.2 Å². The van der Waals surface area contributed by atoms with Crippen LogP contribution in [0.5, 0.6) is 5.75 Å². The molecule has 42 heavy (non-hydrogen) atoms. The van der Waals surface area contributed by atoms with E-state index in [1.54, 1.807) is 4.90 Å². The zero-order valence-electron chi connectivity index (χ0n) is 23.8. The molecule has 1 amide bonds. The van der Waals surface area contributed by atoms with Gasteiger partial charge in [-0.3, -0.25) is 4.79 Å². The normalized spacial score (nSPS) is 19.0. The molecule has 3 aromatic rings. The summed E-state index contributed by atoms with van der Waals surface area (Å²) < 4.78 is 32.2. The third-order valence-electron chi connectivity index (χ3n) is 7.60. The molecular weight excluding hydrogens is 562 g/mol. The summed E-state index contributed by atoms with van der Waals surface area (Å²) in [5.41, 5.74) is -0.803. The number of phenolic OH excluding ortho intramolecular Hbond substituents is 1. The van der Waals surface area contributed by atoms with Crippen LogP contribution in [0.3, 0.4) is 0 Å². The van der Waals surface area contributed by atoms with Crippen molar-refractivity contribution in [1.29, 1.82) is 0 Å². The van der Waals surface area contributed by atoms with Crippen molar-refractivity contribution in [3.05, 3.63) is 76.2 Å². The van der Waals surface area contributed by atoms with Crippen LogP contribution in [-0.2, 0) is 4.79 Å². The molecule has 2 atom stereocenters. The molecule has 0 unspecified atom stereocenters. The molecule has 1 aromatic carbocycles. The summed E-state index contributed by atoms with van der Waals surface area (Å²) in [5, 5.41) is 14.0. The van der Waals surface area contributed by atoms with Gasteiger partial charge in [-0.25, -0.2) is 23.1 Å². The number of nitrogens with one attached hydrogen (secondary N) is 1. The first-order chi connectivity index (χ1) is 20.1. The van der Waals surface area contributed by atoms with Crippen molar-refractivity contribution < 1.29 is 18.7 Å². The first kappa shape index (κ1) is 29.3. The number of carbonyl (C=O) groups is 1. The molecule has 0 radical (unpaired) electrons. The molecule has 0 aliphatic carbocycles. The van der Waals surface area contributed by atoms with Crippen LogP contribution in [0, 0.1) is 17.6 Å². The van der Waals surface area contributed by atoms with Gasteiger partial charge in [-0.05, 0) is 55.6 Å². The average molecular weight is 595 g/mol. The van der Waals surface area contributed by atoms with E-state index >= 15 is 4.39 Å². The Balaban J connectivity index is 1.82. The van der Waals surface area contributed by atoms with Crippen LogP contribution in [-0.4, -0.2) is 68.4 Å². The van der Waals surface area contributed by atoms with Crippen LogP contribution >= 0.6 is 11.8 Å². The van der Waals surface area contributed by atoms with Gasteiger partial charge in [0.1, 0.15) is 23.1 Å². The first-order valence-corrected chi connectivity index (χ1v) is 14.8. The number of phenols is 1. The number of nitrogens with zero attached hydrogens (tertiary/aromatic N) is 5. The Hall–Kier alpha value is -4.19. The van der Waals surface area contributed by atoms with Gasteiger partial charge in [0.2, 0.25) is 5.91 Å². The van der Waals surface area contributed by atoms with E-state index in [-0.39, 0.29) is 40.8 Å². The van der Waals surface area contributed by atoms with Gasteiger partial charge in [-0.15, -0.1) is 11.8 Å². The number of aromatic nitrogens is 3. The van der Waals surface area contributed by atoms with Crippen LogP contribution in [0.25, 0.3) is 28.0 Å². The minimum absolute atomic E-state index is 0.0414. The van der Waals surface area contributed by atoms with E-state index in [1.165, 1.54) is 40.6 Å². The maximum absolute atomic E-state index is 15.9. The number of thioether (sulfide) groups is 1. The van der Waals surface area contributed by atoms with E-state index < -0.39 is 34.3 Å². The third kappa shape index (κ3) is 5.04. The van der Waals surface area contributed by atoms with Crippen molar-refractivity contribution in [2.75, 3.05) is 30.8 Å². The van der Waals surface area contributed by atoms with Crippen LogP contribution in [0.15, 0.2) is 58.9 Å². The lowest BCUT2D eigenvalue weighted by molar-refractivity contribution is -0.126. The number of allylic oxidation sites excluding steroid dienone is 1. The molecule has 5 rings (SSSR count). The Labute approximate surface area is 246 Å². The highest BCUT2D eigenvalue weighted by Crippen LogP contribution is 2.38. The van der Waals surface area contributed by atoms with Crippen molar-refractivity contribution in [1.82, 2.24) is 24.8 Å². The number of amides is 1. The van der Waals surface area contributed by atoms with Gasteiger partial charge in [0, 0.05) is 30.6 Å². The fourth-order valence-corrected chi connectivity index (χ4v) is 6.17. The Morgan fingerprint density at radius 3 is 2.64 bits per heavy atom. The predicted octanol–water partition coefficient (Wildman–Crippen LogP) is 4.34. The summed E-state index contributed by atoms with van der Waals surface area (Å²) in [6.45, 7) is 10.5. The molecular formula is C30H32F2N6O3S. The third-order valence-corrected chi connectivity index (χ3v) is 8.39. The second-order valence-electron chi connectivity index (χ2n) is 10.6. The lowest BCUT2D eigenvalue weighted by Gasteiger charge is -2.40. The summed E-state index contributed by atoms with van der Waals surface area (Å²) in [5.74, 6) is -2.17. The molecule has 220 valence electrons. The number of pyridine rings is 1. The summed E-state index contributed by atoms with van der Waals surface area (Å²) in [4.78, 5) is 39.6. The number of fused-ring (bicyclic) bond motifs is 1. The highest BCUT2D eigenvalue weighted by atomic mass is 32.2. The van der Waals surface area contributed by atoms with Gasteiger partial charge >= 0.3 is 5.69 Å².